The van der Waals surface area contributed by atoms with Crippen molar-refractivity contribution in [3.63, 3.8) is 0 Å². The van der Waals surface area contributed by atoms with Gasteiger partial charge >= 0.3 is 5.97 Å². The minimum Gasteiger partial charge on any atom is -0.495 e. The molecule has 2 aromatic rings. The number of carbonyl (C=O) groups excluding carboxylic acids is 3. The minimum atomic E-state index is -0.694. The summed E-state index contributed by atoms with van der Waals surface area (Å²) >= 11 is 6.03. The van der Waals surface area contributed by atoms with Crippen LogP contribution >= 0.6 is 11.6 Å². The Labute approximate surface area is 178 Å². The molecule has 0 radical (unpaired) electrons. The first kappa shape index (κ1) is 21.4. The quantitative estimate of drug-likeness (QED) is 0.676. The molecular weight excluding hydrogens is 412 g/mol. The van der Waals surface area contributed by atoms with E-state index in [0.29, 0.717) is 27.9 Å². The van der Waals surface area contributed by atoms with E-state index in [0.717, 1.165) is 0 Å². The number of anilines is 2. The summed E-state index contributed by atoms with van der Waals surface area (Å²) in [6.45, 7) is -0.357. The number of esters is 1. The highest BCUT2D eigenvalue weighted by Gasteiger charge is 2.37. The van der Waals surface area contributed by atoms with Crippen LogP contribution in [0.3, 0.4) is 0 Å². The molecule has 3 rings (SSSR count). The number of methoxy groups -OCH3 is 2. The number of hydrogen-bond acceptors (Lipinski definition) is 6. The average molecular weight is 433 g/mol. The molecular formula is C21H21ClN2O6. The Morgan fingerprint density at radius 3 is 2.60 bits per heavy atom. The van der Waals surface area contributed by atoms with Gasteiger partial charge in [-0.3, -0.25) is 14.4 Å². The maximum Gasteiger partial charge on any atom is 0.311 e. The molecule has 8 nitrogen and oxygen atoms in total. The van der Waals surface area contributed by atoms with Crippen LogP contribution in [0.4, 0.5) is 11.4 Å². The second kappa shape index (κ2) is 9.49. The molecule has 1 N–H and O–H groups in total. The van der Waals surface area contributed by atoms with Gasteiger partial charge in [-0.05, 0) is 30.3 Å². The largest absolute Gasteiger partial charge is 0.495 e. The molecule has 0 aliphatic carbocycles. The molecule has 1 fully saturated rings. The number of amides is 2. The summed E-state index contributed by atoms with van der Waals surface area (Å²) in [5.41, 5.74) is 0.954. The van der Waals surface area contributed by atoms with Crippen LogP contribution in [0.2, 0.25) is 5.02 Å². The highest BCUT2D eigenvalue weighted by Crippen LogP contribution is 2.35. The van der Waals surface area contributed by atoms with E-state index in [1.165, 1.54) is 19.1 Å². The maximum atomic E-state index is 12.4. The molecule has 30 heavy (non-hydrogen) atoms. The second-order valence-corrected chi connectivity index (χ2v) is 7.01. The van der Waals surface area contributed by atoms with Crippen LogP contribution in [0.5, 0.6) is 11.5 Å². The van der Waals surface area contributed by atoms with Crippen molar-refractivity contribution in [2.24, 2.45) is 5.92 Å². The zero-order valence-corrected chi connectivity index (χ0v) is 17.3. The van der Waals surface area contributed by atoms with Crippen LogP contribution in [0, 0.1) is 5.92 Å². The molecule has 0 bridgehead atoms. The van der Waals surface area contributed by atoms with E-state index in [1.807, 2.05) is 0 Å². The molecule has 1 aliphatic rings. The van der Waals surface area contributed by atoms with Gasteiger partial charge in [0.2, 0.25) is 5.91 Å². The van der Waals surface area contributed by atoms with Crippen molar-refractivity contribution in [1.82, 2.24) is 0 Å². The number of nitrogens with one attached hydrogen (secondary N) is 1. The molecule has 1 saturated heterocycles. The Balaban J connectivity index is 1.58. The first-order chi connectivity index (χ1) is 14.4. The predicted molar refractivity (Wildman–Crippen MR) is 111 cm³/mol. The van der Waals surface area contributed by atoms with Crippen molar-refractivity contribution in [2.75, 3.05) is 37.6 Å². The molecule has 0 aromatic heterocycles. The number of rotatable bonds is 7. The zero-order chi connectivity index (χ0) is 21.7. The van der Waals surface area contributed by atoms with Crippen molar-refractivity contribution < 1.29 is 28.6 Å². The molecule has 1 heterocycles. The number of carbonyl (C=O) groups is 3. The molecule has 2 aromatic carbocycles. The predicted octanol–water partition coefficient (Wildman–Crippen LogP) is 2.89. The van der Waals surface area contributed by atoms with Gasteiger partial charge in [-0.25, -0.2) is 0 Å². The summed E-state index contributed by atoms with van der Waals surface area (Å²) < 4.78 is 15.6. The lowest BCUT2D eigenvalue weighted by molar-refractivity contribution is -0.151. The van der Waals surface area contributed by atoms with Gasteiger partial charge in [0.25, 0.3) is 5.91 Å². The van der Waals surface area contributed by atoms with Crippen molar-refractivity contribution in [1.29, 1.82) is 0 Å². The van der Waals surface area contributed by atoms with Gasteiger partial charge in [0.1, 0.15) is 11.5 Å². The van der Waals surface area contributed by atoms with E-state index >= 15 is 0 Å². The molecule has 0 spiro atoms. The van der Waals surface area contributed by atoms with Crippen LogP contribution in [0.15, 0.2) is 42.5 Å². The van der Waals surface area contributed by atoms with Crippen molar-refractivity contribution in [2.45, 2.75) is 6.42 Å². The number of benzene rings is 2. The molecule has 0 saturated carbocycles. The number of hydrogen-bond donors (Lipinski definition) is 1. The first-order valence-corrected chi connectivity index (χ1v) is 9.54. The summed E-state index contributed by atoms with van der Waals surface area (Å²) in [6, 6.07) is 11.8. The number of ether oxygens (including phenoxy) is 3. The smallest absolute Gasteiger partial charge is 0.311 e. The van der Waals surface area contributed by atoms with E-state index in [9.17, 15) is 14.4 Å². The van der Waals surface area contributed by atoms with E-state index < -0.39 is 24.4 Å². The summed E-state index contributed by atoms with van der Waals surface area (Å²) in [7, 11) is 2.97. The summed E-state index contributed by atoms with van der Waals surface area (Å²) in [4.78, 5) is 38.4. The van der Waals surface area contributed by atoms with Crippen LogP contribution in [0.1, 0.15) is 6.42 Å². The molecule has 0 unspecified atom stereocenters. The van der Waals surface area contributed by atoms with Gasteiger partial charge in [-0.2, -0.15) is 0 Å². The summed E-state index contributed by atoms with van der Waals surface area (Å²) in [6.07, 6.45) is -0.0252. The highest BCUT2D eigenvalue weighted by atomic mass is 35.5. The minimum absolute atomic E-state index is 0.0252. The first-order valence-electron chi connectivity index (χ1n) is 9.16. The topological polar surface area (TPSA) is 94.2 Å². The SMILES string of the molecule is COc1ccccc1NC(=O)COC(=O)[C@H]1CC(=O)N(c2cc(Cl)ccc2OC)C1. The fourth-order valence-corrected chi connectivity index (χ4v) is 3.33. The standard InChI is InChI=1S/C21H21ClN2O6/c1-28-17-6-4-3-5-15(17)23-19(25)12-30-21(27)13-9-20(26)24(11-13)16-10-14(22)7-8-18(16)29-2/h3-8,10,13H,9,11-12H2,1-2H3,(H,23,25)/t13-/m0/s1. The fraction of sp³-hybridized carbons (Fsp3) is 0.286. The molecule has 158 valence electrons. The summed E-state index contributed by atoms with van der Waals surface area (Å²) in [5.74, 6) is -1.12. The third kappa shape index (κ3) is 4.83. The lowest BCUT2D eigenvalue weighted by atomic mass is 10.1. The van der Waals surface area contributed by atoms with Gasteiger partial charge in [0.15, 0.2) is 6.61 Å². The number of nitrogens with zero attached hydrogens (tertiary/aromatic N) is 1. The van der Waals surface area contributed by atoms with Crippen LogP contribution in [-0.4, -0.2) is 45.2 Å². The molecule has 1 atom stereocenters. The van der Waals surface area contributed by atoms with Gasteiger partial charge in [-0.15, -0.1) is 0 Å². The van der Waals surface area contributed by atoms with Gasteiger partial charge < -0.3 is 24.4 Å². The Morgan fingerprint density at radius 1 is 1.13 bits per heavy atom. The van der Waals surface area contributed by atoms with Crippen LogP contribution in [-0.2, 0) is 19.1 Å². The van der Waals surface area contributed by atoms with Gasteiger partial charge in [0, 0.05) is 18.0 Å². The van der Waals surface area contributed by atoms with Crippen molar-refractivity contribution in [3.05, 3.63) is 47.5 Å². The Hall–Kier alpha value is -3.26. The van der Waals surface area contributed by atoms with Gasteiger partial charge in [0.05, 0.1) is 31.5 Å². The highest BCUT2D eigenvalue weighted by molar-refractivity contribution is 6.31. The molecule has 9 heteroatoms. The zero-order valence-electron chi connectivity index (χ0n) is 16.5. The van der Waals surface area contributed by atoms with E-state index in [4.69, 9.17) is 25.8 Å². The van der Waals surface area contributed by atoms with E-state index in [1.54, 1.807) is 42.5 Å². The van der Waals surface area contributed by atoms with Crippen molar-refractivity contribution in [3.8, 4) is 11.5 Å². The van der Waals surface area contributed by atoms with E-state index in [-0.39, 0.29) is 18.9 Å². The third-order valence-corrected chi connectivity index (χ3v) is 4.85. The summed E-state index contributed by atoms with van der Waals surface area (Å²) in [5, 5.41) is 3.06. The lowest BCUT2D eigenvalue weighted by Gasteiger charge is -2.19. The van der Waals surface area contributed by atoms with Gasteiger partial charge in [-0.1, -0.05) is 23.7 Å². The van der Waals surface area contributed by atoms with Crippen LogP contribution < -0.4 is 19.7 Å². The third-order valence-electron chi connectivity index (χ3n) is 4.62. The molecule has 2 amide bonds. The lowest BCUT2D eigenvalue weighted by Crippen LogP contribution is -2.28. The Morgan fingerprint density at radius 2 is 1.87 bits per heavy atom. The number of halogens is 1. The fourth-order valence-electron chi connectivity index (χ4n) is 3.16. The Bertz CT molecular complexity index is 964. The molecule has 1 aliphatic heterocycles. The number of para-hydroxylation sites is 2. The average Bonchev–Trinajstić information content (AvgIpc) is 3.14. The van der Waals surface area contributed by atoms with Crippen LogP contribution in [0.25, 0.3) is 0 Å². The normalized spacial score (nSPS) is 15.6. The Kier molecular flexibility index (Phi) is 6.79. The maximum absolute atomic E-state index is 12.4. The monoisotopic (exact) mass is 432 g/mol. The van der Waals surface area contributed by atoms with Crippen molar-refractivity contribution >= 4 is 40.8 Å². The van der Waals surface area contributed by atoms with E-state index in [2.05, 4.69) is 5.32 Å². The second-order valence-electron chi connectivity index (χ2n) is 6.58.